The van der Waals surface area contributed by atoms with Crippen molar-refractivity contribution in [2.75, 3.05) is 49.6 Å². The molecule has 1 saturated heterocycles. The van der Waals surface area contributed by atoms with Gasteiger partial charge in [-0.1, -0.05) is 25.1 Å². The van der Waals surface area contributed by atoms with Crippen molar-refractivity contribution in [1.29, 1.82) is 0 Å². The van der Waals surface area contributed by atoms with Crippen LogP contribution in [0.5, 0.6) is 11.5 Å². The number of amides is 2. The lowest BCUT2D eigenvalue weighted by atomic mass is 10.2. The Morgan fingerprint density at radius 3 is 2.42 bits per heavy atom. The van der Waals surface area contributed by atoms with Crippen LogP contribution in [0.3, 0.4) is 0 Å². The van der Waals surface area contributed by atoms with Crippen LogP contribution >= 0.6 is 0 Å². The van der Waals surface area contributed by atoms with Crippen LogP contribution in [0, 0.1) is 0 Å². The van der Waals surface area contributed by atoms with Crippen molar-refractivity contribution in [1.82, 2.24) is 14.5 Å². The Morgan fingerprint density at radius 1 is 1.03 bits per heavy atom. The van der Waals surface area contributed by atoms with Gasteiger partial charge >= 0.3 is 6.03 Å². The zero-order valence-electron chi connectivity index (χ0n) is 18.6. The van der Waals surface area contributed by atoms with Gasteiger partial charge in [-0.15, -0.1) is 0 Å². The predicted molar refractivity (Wildman–Crippen MR) is 127 cm³/mol. The van der Waals surface area contributed by atoms with Crippen LogP contribution in [0.2, 0.25) is 0 Å². The molecule has 1 aromatic heterocycles. The molecule has 0 unspecified atom stereocenters. The van der Waals surface area contributed by atoms with Crippen molar-refractivity contribution in [2.45, 2.75) is 19.9 Å². The number of fused-ring (bicyclic) bond motifs is 2. The van der Waals surface area contributed by atoms with E-state index in [4.69, 9.17) is 14.5 Å². The van der Waals surface area contributed by atoms with E-state index < -0.39 is 0 Å². The number of urea groups is 1. The summed E-state index contributed by atoms with van der Waals surface area (Å²) in [5.74, 6) is 1.83. The first kappa shape index (κ1) is 21.1. The summed E-state index contributed by atoms with van der Waals surface area (Å²) in [5, 5.41) is 3.46. The van der Waals surface area contributed by atoms with Crippen molar-refractivity contribution < 1.29 is 14.3 Å². The van der Waals surface area contributed by atoms with Gasteiger partial charge in [0.2, 0.25) is 5.95 Å². The molecule has 2 aromatic carbocycles. The largest absolute Gasteiger partial charge is 0.486 e. The number of carbonyl (C=O) groups is 1. The van der Waals surface area contributed by atoms with E-state index in [1.807, 2.05) is 37.3 Å². The average Bonchev–Trinajstić information content (AvgIpc) is 2.85. The molecule has 5 rings (SSSR count). The lowest BCUT2D eigenvalue weighted by Gasteiger charge is -2.36. The van der Waals surface area contributed by atoms with Gasteiger partial charge in [0, 0.05) is 44.5 Å². The van der Waals surface area contributed by atoms with E-state index in [1.165, 1.54) is 0 Å². The third-order valence-corrected chi connectivity index (χ3v) is 5.92. The molecule has 1 N–H and O–H groups in total. The Bertz CT molecular complexity index is 1220. The number of nitrogens with zero attached hydrogens (tertiary/aromatic N) is 4. The van der Waals surface area contributed by atoms with E-state index in [-0.39, 0.29) is 11.6 Å². The van der Waals surface area contributed by atoms with Crippen LogP contribution in [-0.4, -0.2) is 59.9 Å². The summed E-state index contributed by atoms with van der Waals surface area (Å²) in [6.07, 6.45) is 0.810. The molecule has 3 aromatic rings. The fourth-order valence-corrected chi connectivity index (χ4v) is 4.25. The van der Waals surface area contributed by atoms with Crippen LogP contribution < -0.4 is 25.2 Å². The number of anilines is 2. The zero-order chi connectivity index (χ0) is 22.8. The summed E-state index contributed by atoms with van der Waals surface area (Å²) in [6.45, 7) is 5.82. The minimum atomic E-state index is -0.123. The summed E-state index contributed by atoms with van der Waals surface area (Å²) in [4.78, 5) is 34.7. The van der Waals surface area contributed by atoms with E-state index >= 15 is 0 Å². The van der Waals surface area contributed by atoms with Crippen molar-refractivity contribution in [2.24, 2.45) is 0 Å². The smallest absolute Gasteiger partial charge is 0.321 e. The van der Waals surface area contributed by atoms with Gasteiger partial charge in [-0.3, -0.25) is 9.36 Å². The molecule has 0 saturated carbocycles. The van der Waals surface area contributed by atoms with Gasteiger partial charge in [0.15, 0.2) is 11.5 Å². The highest BCUT2D eigenvalue weighted by atomic mass is 16.6. The van der Waals surface area contributed by atoms with Gasteiger partial charge < -0.3 is 24.6 Å². The van der Waals surface area contributed by atoms with Gasteiger partial charge in [-0.05, 0) is 24.6 Å². The molecule has 172 valence electrons. The van der Waals surface area contributed by atoms with Crippen molar-refractivity contribution >= 4 is 28.6 Å². The summed E-state index contributed by atoms with van der Waals surface area (Å²) < 4.78 is 13.1. The number of nitrogens with one attached hydrogen (secondary N) is 1. The number of rotatable bonds is 4. The number of hydrogen-bond acceptors (Lipinski definition) is 6. The van der Waals surface area contributed by atoms with Crippen molar-refractivity contribution in [3.8, 4) is 11.5 Å². The number of hydrogen-bond donors (Lipinski definition) is 1. The van der Waals surface area contributed by atoms with Crippen LogP contribution in [0.15, 0.2) is 47.3 Å². The number of benzene rings is 2. The summed E-state index contributed by atoms with van der Waals surface area (Å²) in [5.41, 5.74) is 1.28. The van der Waals surface area contributed by atoms with Gasteiger partial charge in [0.05, 0.1) is 10.9 Å². The molecule has 1 fully saturated rings. The SMILES string of the molecule is CCCn1c(N2CCN(C(=O)Nc3ccccc3)CC2)nc2cc3c(cc2c1=O)OCCO3. The van der Waals surface area contributed by atoms with Gasteiger partial charge in [-0.25, -0.2) is 9.78 Å². The number of aromatic nitrogens is 2. The fraction of sp³-hybridized carbons (Fsp3) is 0.375. The number of para-hydroxylation sites is 1. The van der Waals surface area contributed by atoms with Crippen LogP contribution in [0.1, 0.15) is 13.3 Å². The second kappa shape index (κ2) is 9.01. The standard InChI is InChI=1S/C24H27N5O4/c1-2-8-29-22(30)18-15-20-21(33-14-13-32-20)16-19(18)26-23(29)27-9-11-28(12-10-27)24(31)25-17-6-4-3-5-7-17/h3-7,15-16H,2,8-14H2,1H3,(H,25,31). The minimum absolute atomic E-state index is 0.0851. The second-order valence-corrected chi connectivity index (χ2v) is 8.15. The van der Waals surface area contributed by atoms with E-state index in [0.29, 0.717) is 74.3 Å². The molecule has 0 aliphatic carbocycles. The Hall–Kier alpha value is -3.75. The third-order valence-electron chi connectivity index (χ3n) is 5.92. The van der Waals surface area contributed by atoms with Crippen LogP contribution in [0.4, 0.5) is 16.4 Å². The van der Waals surface area contributed by atoms with Crippen LogP contribution in [-0.2, 0) is 6.54 Å². The molecule has 2 aliphatic heterocycles. The summed E-state index contributed by atoms with van der Waals surface area (Å²) >= 11 is 0. The molecular formula is C24H27N5O4. The molecule has 9 nitrogen and oxygen atoms in total. The Kier molecular flexibility index (Phi) is 5.77. The molecule has 3 heterocycles. The number of piperazine rings is 1. The van der Waals surface area contributed by atoms with Gasteiger partial charge in [-0.2, -0.15) is 0 Å². The highest BCUT2D eigenvalue weighted by molar-refractivity contribution is 5.89. The predicted octanol–water partition coefficient (Wildman–Crippen LogP) is 2.93. The molecule has 0 spiro atoms. The fourth-order valence-electron chi connectivity index (χ4n) is 4.25. The van der Waals surface area contributed by atoms with Crippen LogP contribution in [0.25, 0.3) is 10.9 Å². The second-order valence-electron chi connectivity index (χ2n) is 8.15. The van der Waals surface area contributed by atoms with E-state index in [9.17, 15) is 9.59 Å². The van der Waals surface area contributed by atoms with E-state index in [1.54, 1.807) is 21.6 Å². The third kappa shape index (κ3) is 4.18. The first-order valence-corrected chi connectivity index (χ1v) is 11.3. The first-order valence-electron chi connectivity index (χ1n) is 11.3. The quantitative estimate of drug-likeness (QED) is 0.659. The molecule has 0 atom stereocenters. The minimum Gasteiger partial charge on any atom is -0.486 e. The topological polar surface area (TPSA) is 88.9 Å². The molecule has 9 heteroatoms. The first-order chi connectivity index (χ1) is 16.1. The number of ether oxygens (including phenoxy) is 2. The van der Waals surface area contributed by atoms with E-state index in [2.05, 4.69) is 10.2 Å². The lowest BCUT2D eigenvalue weighted by Crippen LogP contribution is -2.51. The monoisotopic (exact) mass is 449 g/mol. The highest BCUT2D eigenvalue weighted by Gasteiger charge is 2.25. The normalized spacial score (nSPS) is 15.5. The molecule has 0 radical (unpaired) electrons. The molecule has 0 bridgehead atoms. The average molecular weight is 450 g/mol. The Morgan fingerprint density at radius 2 is 1.73 bits per heavy atom. The van der Waals surface area contributed by atoms with Gasteiger partial charge in [0.25, 0.3) is 5.56 Å². The Balaban J connectivity index is 1.39. The maximum atomic E-state index is 13.4. The molecule has 2 aliphatic rings. The Labute approximate surface area is 191 Å². The summed E-state index contributed by atoms with van der Waals surface area (Å²) in [6, 6.07) is 12.8. The van der Waals surface area contributed by atoms with Gasteiger partial charge in [0.1, 0.15) is 13.2 Å². The molecule has 2 amide bonds. The number of carbonyl (C=O) groups excluding carboxylic acids is 1. The summed E-state index contributed by atoms with van der Waals surface area (Å²) in [7, 11) is 0. The highest BCUT2D eigenvalue weighted by Crippen LogP contribution is 2.33. The molecular weight excluding hydrogens is 422 g/mol. The van der Waals surface area contributed by atoms with Crippen molar-refractivity contribution in [3.63, 3.8) is 0 Å². The lowest BCUT2D eigenvalue weighted by molar-refractivity contribution is 0.172. The van der Waals surface area contributed by atoms with Crippen molar-refractivity contribution in [3.05, 3.63) is 52.8 Å². The zero-order valence-corrected chi connectivity index (χ0v) is 18.6. The maximum absolute atomic E-state index is 13.4. The molecule has 33 heavy (non-hydrogen) atoms. The maximum Gasteiger partial charge on any atom is 0.321 e. The van der Waals surface area contributed by atoms with E-state index in [0.717, 1.165) is 12.1 Å².